The number of nitrogens with two attached hydrogens (primary N) is 1. The molecule has 0 bridgehead atoms. The number of amides is 1. The van der Waals surface area contributed by atoms with Gasteiger partial charge in [0.25, 0.3) is 5.56 Å². The van der Waals surface area contributed by atoms with Crippen molar-refractivity contribution in [1.29, 1.82) is 0 Å². The smallest absolute Gasteiger partial charge is 0.330 e. The molecule has 0 spiro atoms. The molecule has 0 saturated heterocycles. The molecular weight excluding hydrogens is 391 g/mol. The van der Waals surface area contributed by atoms with Crippen LogP contribution in [0.1, 0.15) is 32.3 Å². The molecule has 1 amide bonds. The van der Waals surface area contributed by atoms with Gasteiger partial charge in [-0.25, -0.2) is 4.79 Å². The highest BCUT2D eigenvalue weighted by Gasteiger charge is 2.23. The molecule has 7 nitrogen and oxygen atoms in total. The first-order valence-corrected chi connectivity index (χ1v) is 9.42. The van der Waals surface area contributed by atoms with Crippen molar-refractivity contribution in [3.05, 3.63) is 54.6 Å². The molecule has 0 radical (unpaired) electrons. The van der Waals surface area contributed by atoms with E-state index >= 15 is 0 Å². The summed E-state index contributed by atoms with van der Waals surface area (Å²) in [5.41, 5.74) is 5.46. The number of nitrogens with one attached hydrogen (secondary N) is 1. The summed E-state index contributed by atoms with van der Waals surface area (Å²) in [7, 11) is 0. The molecule has 3 N–H and O–H groups in total. The van der Waals surface area contributed by atoms with Crippen molar-refractivity contribution in [2.24, 2.45) is 0 Å². The fraction of sp³-hybridized carbons (Fsp3) is 0.389. The molecular formula is C18H22Cl2N4O3. The molecule has 2 aromatic rings. The second-order valence-corrected chi connectivity index (χ2v) is 6.88. The fourth-order valence-corrected chi connectivity index (χ4v) is 3.08. The zero-order valence-corrected chi connectivity index (χ0v) is 16.7. The van der Waals surface area contributed by atoms with Crippen LogP contribution in [0.5, 0.6) is 0 Å². The van der Waals surface area contributed by atoms with Crippen LogP contribution in [0.25, 0.3) is 0 Å². The van der Waals surface area contributed by atoms with Crippen molar-refractivity contribution in [3.63, 3.8) is 0 Å². The van der Waals surface area contributed by atoms with Crippen LogP contribution >= 0.6 is 23.2 Å². The number of nitrogen functional groups attached to an aromatic ring is 1. The third-order valence-corrected chi connectivity index (χ3v) is 4.91. The number of likely N-dealkylation sites (N-methyl/N-ethyl adjacent to an activating group) is 1. The van der Waals surface area contributed by atoms with E-state index in [1.54, 1.807) is 25.1 Å². The van der Waals surface area contributed by atoms with Gasteiger partial charge in [0.05, 0.1) is 16.5 Å². The summed E-state index contributed by atoms with van der Waals surface area (Å²) in [6, 6.07) is 4.90. The van der Waals surface area contributed by atoms with E-state index in [2.05, 4.69) is 4.98 Å². The summed E-state index contributed by atoms with van der Waals surface area (Å²) in [6.45, 7) is 4.29. The van der Waals surface area contributed by atoms with E-state index in [9.17, 15) is 14.4 Å². The van der Waals surface area contributed by atoms with E-state index in [4.69, 9.17) is 28.9 Å². The lowest BCUT2D eigenvalue weighted by molar-refractivity contribution is -0.117. The Kier molecular flexibility index (Phi) is 7.10. The molecule has 0 fully saturated rings. The van der Waals surface area contributed by atoms with Gasteiger partial charge in [0.15, 0.2) is 5.69 Å². The maximum Gasteiger partial charge on any atom is 0.330 e. The summed E-state index contributed by atoms with van der Waals surface area (Å²) in [5, 5.41) is 0.736. The van der Waals surface area contributed by atoms with Gasteiger partial charge in [-0.2, -0.15) is 0 Å². The molecule has 0 aliphatic rings. The molecule has 27 heavy (non-hydrogen) atoms. The summed E-state index contributed by atoms with van der Waals surface area (Å²) in [4.78, 5) is 40.8. The second-order valence-electron chi connectivity index (χ2n) is 6.06. The highest BCUT2D eigenvalue weighted by atomic mass is 35.5. The molecule has 2 rings (SSSR count). The number of hydrogen-bond donors (Lipinski definition) is 2. The number of carbonyl (C=O) groups is 1. The van der Waals surface area contributed by atoms with Crippen LogP contribution in [-0.2, 0) is 17.8 Å². The highest BCUT2D eigenvalue weighted by molar-refractivity contribution is 6.42. The van der Waals surface area contributed by atoms with Crippen molar-refractivity contribution >= 4 is 40.6 Å². The maximum absolute atomic E-state index is 12.8. The zero-order valence-electron chi connectivity index (χ0n) is 15.2. The molecule has 9 heteroatoms. The average Bonchev–Trinajstić information content (AvgIpc) is 2.61. The van der Waals surface area contributed by atoms with E-state index in [-0.39, 0.29) is 30.4 Å². The van der Waals surface area contributed by atoms with Crippen molar-refractivity contribution in [3.8, 4) is 0 Å². The van der Waals surface area contributed by atoms with Crippen LogP contribution in [0.3, 0.4) is 0 Å². The number of hydrogen-bond acceptors (Lipinski definition) is 4. The average molecular weight is 413 g/mol. The second kappa shape index (κ2) is 9.10. The lowest BCUT2D eigenvalue weighted by Gasteiger charge is -2.23. The van der Waals surface area contributed by atoms with E-state index in [0.29, 0.717) is 22.2 Å². The molecule has 1 heterocycles. The van der Waals surface area contributed by atoms with Gasteiger partial charge >= 0.3 is 5.69 Å². The minimum Gasteiger partial charge on any atom is -0.383 e. The van der Waals surface area contributed by atoms with Gasteiger partial charge in [0.2, 0.25) is 5.91 Å². The number of H-pyrrole nitrogens is 1. The SMILES string of the molecule is CCCCn1c(N)c(N(CC)C(=O)Cc2ccc(Cl)c(Cl)c2)c(=O)[nH]c1=O. The van der Waals surface area contributed by atoms with Crippen LogP contribution < -0.4 is 21.9 Å². The van der Waals surface area contributed by atoms with Gasteiger partial charge in [0.1, 0.15) is 5.82 Å². The molecule has 0 aliphatic carbocycles. The van der Waals surface area contributed by atoms with Crippen molar-refractivity contribution < 1.29 is 4.79 Å². The summed E-state index contributed by atoms with van der Waals surface area (Å²) in [6.07, 6.45) is 1.59. The fourth-order valence-electron chi connectivity index (χ4n) is 2.76. The Hall–Kier alpha value is -2.25. The number of anilines is 2. The molecule has 1 aromatic heterocycles. The van der Waals surface area contributed by atoms with Gasteiger partial charge in [-0.3, -0.25) is 19.1 Å². The first-order valence-electron chi connectivity index (χ1n) is 8.67. The Morgan fingerprint density at radius 1 is 1.22 bits per heavy atom. The van der Waals surface area contributed by atoms with Gasteiger partial charge < -0.3 is 10.6 Å². The van der Waals surface area contributed by atoms with Crippen LogP contribution in [-0.4, -0.2) is 22.0 Å². The largest absolute Gasteiger partial charge is 0.383 e. The van der Waals surface area contributed by atoms with Gasteiger partial charge in [-0.15, -0.1) is 0 Å². The Labute approximate surface area is 166 Å². The van der Waals surface area contributed by atoms with Gasteiger partial charge in [-0.1, -0.05) is 42.6 Å². The Bertz CT molecular complexity index is 953. The lowest BCUT2D eigenvalue weighted by Crippen LogP contribution is -2.41. The van der Waals surface area contributed by atoms with E-state index in [1.807, 2.05) is 6.92 Å². The predicted molar refractivity (Wildman–Crippen MR) is 109 cm³/mol. The third kappa shape index (κ3) is 4.73. The van der Waals surface area contributed by atoms with Crippen LogP contribution in [0, 0.1) is 0 Å². The standard InChI is InChI=1S/C18H22Cl2N4O3/c1-3-5-8-24-16(21)15(17(26)22-18(24)27)23(4-2)14(25)10-11-6-7-12(19)13(20)9-11/h6-7,9H,3-5,8,10,21H2,1-2H3,(H,22,26,27). The van der Waals surface area contributed by atoms with Gasteiger partial charge in [-0.05, 0) is 31.0 Å². The molecule has 0 atom stereocenters. The summed E-state index contributed by atoms with van der Waals surface area (Å²) >= 11 is 11.9. The first kappa shape index (κ1) is 21.1. The normalized spacial score (nSPS) is 10.8. The van der Waals surface area contributed by atoms with Crippen LogP contribution in [0.15, 0.2) is 27.8 Å². The number of halogens is 2. The van der Waals surface area contributed by atoms with Crippen molar-refractivity contribution in [2.45, 2.75) is 39.7 Å². The number of aromatic amines is 1. The third-order valence-electron chi connectivity index (χ3n) is 4.18. The number of nitrogens with zero attached hydrogens (tertiary/aromatic N) is 2. The number of carbonyl (C=O) groups excluding carboxylic acids is 1. The molecule has 0 saturated carbocycles. The molecule has 1 aromatic carbocycles. The van der Waals surface area contributed by atoms with Gasteiger partial charge in [0, 0.05) is 13.1 Å². The maximum atomic E-state index is 12.8. The molecule has 0 unspecified atom stereocenters. The zero-order chi connectivity index (χ0) is 20.1. The minimum absolute atomic E-state index is 0.0116. The number of benzene rings is 1. The molecule has 0 aliphatic heterocycles. The number of aromatic nitrogens is 2. The predicted octanol–water partition coefficient (Wildman–Crippen LogP) is 2.82. The Morgan fingerprint density at radius 3 is 2.52 bits per heavy atom. The summed E-state index contributed by atoms with van der Waals surface area (Å²) < 4.78 is 1.29. The van der Waals surface area contributed by atoms with E-state index in [0.717, 1.165) is 12.8 Å². The number of unbranched alkanes of at least 4 members (excludes halogenated alkanes) is 1. The van der Waals surface area contributed by atoms with E-state index in [1.165, 1.54) is 9.47 Å². The van der Waals surface area contributed by atoms with Crippen molar-refractivity contribution in [2.75, 3.05) is 17.2 Å². The van der Waals surface area contributed by atoms with Crippen LogP contribution in [0.2, 0.25) is 10.0 Å². The lowest BCUT2D eigenvalue weighted by atomic mass is 10.1. The molecule has 146 valence electrons. The number of rotatable bonds is 7. The topological polar surface area (TPSA) is 101 Å². The monoisotopic (exact) mass is 412 g/mol. The quantitative estimate of drug-likeness (QED) is 0.729. The Balaban J connectivity index is 2.41. The minimum atomic E-state index is -0.686. The van der Waals surface area contributed by atoms with Crippen molar-refractivity contribution in [1.82, 2.24) is 9.55 Å². The Morgan fingerprint density at radius 2 is 1.93 bits per heavy atom. The summed E-state index contributed by atoms with van der Waals surface area (Å²) in [5.74, 6) is -0.352. The highest BCUT2D eigenvalue weighted by Crippen LogP contribution is 2.24. The van der Waals surface area contributed by atoms with E-state index < -0.39 is 11.2 Å². The van der Waals surface area contributed by atoms with Crippen LogP contribution in [0.4, 0.5) is 11.5 Å². The first-order chi connectivity index (χ1) is 12.8.